The van der Waals surface area contributed by atoms with E-state index >= 15 is 0 Å². The molecule has 0 aromatic carbocycles. The summed E-state index contributed by atoms with van der Waals surface area (Å²) >= 11 is 1.13. The van der Waals surface area contributed by atoms with Crippen LogP contribution in [0.5, 0.6) is 0 Å². The van der Waals surface area contributed by atoms with Crippen molar-refractivity contribution < 1.29 is 9.90 Å². The molecule has 0 amide bonds. The Bertz CT molecular complexity index is 453. The quantitative estimate of drug-likeness (QED) is 0.815. The minimum Gasteiger partial charge on any atom is -0.478 e. The molecule has 0 aliphatic rings. The Hall–Kier alpha value is -1.75. The number of aromatic carboxylic acids is 1. The summed E-state index contributed by atoms with van der Waals surface area (Å²) in [5.41, 5.74) is 1.43. The summed E-state index contributed by atoms with van der Waals surface area (Å²) in [6.07, 6.45) is 3.23. The first-order valence-corrected chi connectivity index (χ1v) is 4.71. The number of carbonyl (C=O) groups is 1. The molecule has 0 saturated carbocycles. The second-order valence-corrected chi connectivity index (χ2v) is 3.25. The minimum atomic E-state index is -0.961. The maximum Gasteiger partial charge on any atom is 0.338 e. The Balaban J connectivity index is 2.52. The van der Waals surface area contributed by atoms with Crippen LogP contribution in [0.25, 0.3) is 11.3 Å². The van der Waals surface area contributed by atoms with Crippen LogP contribution in [0, 0.1) is 0 Å². The normalized spacial score (nSPS) is 10.0. The molecule has 0 radical (unpaired) electrons. The van der Waals surface area contributed by atoms with Gasteiger partial charge in [-0.3, -0.25) is 4.98 Å². The van der Waals surface area contributed by atoms with Crippen LogP contribution < -0.4 is 0 Å². The monoisotopic (exact) mass is 206 g/mol. The van der Waals surface area contributed by atoms with Gasteiger partial charge in [-0.2, -0.15) is 4.37 Å². The van der Waals surface area contributed by atoms with E-state index in [0.29, 0.717) is 5.69 Å². The molecule has 0 unspecified atom stereocenters. The van der Waals surface area contributed by atoms with Gasteiger partial charge in [0.05, 0.1) is 5.56 Å². The van der Waals surface area contributed by atoms with Crippen molar-refractivity contribution in [1.82, 2.24) is 9.36 Å². The van der Waals surface area contributed by atoms with Crippen LogP contribution in [0.4, 0.5) is 0 Å². The highest BCUT2D eigenvalue weighted by molar-refractivity contribution is 7.04. The Morgan fingerprint density at radius 3 is 3.00 bits per heavy atom. The smallest absolute Gasteiger partial charge is 0.338 e. The Morgan fingerprint density at radius 2 is 2.36 bits per heavy atom. The van der Waals surface area contributed by atoms with E-state index in [-0.39, 0.29) is 5.56 Å². The lowest BCUT2D eigenvalue weighted by Gasteiger charge is -1.96. The van der Waals surface area contributed by atoms with Crippen molar-refractivity contribution in [2.24, 2.45) is 0 Å². The molecule has 2 aromatic heterocycles. The van der Waals surface area contributed by atoms with Crippen LogP contribution in [-0.4, -0.2) is 20.4 Å². The Kier molecular flexibility index (Phi) is 2.24. The fraction of sp³-hybridized carbons (Fsp3) is 0. The molecule has 0 atom stereocenters. The fourth-order valence-corrected chi connectivity index (χ4v) is 1.78. The van der Waals surface area contributed by atoms with Gasteiger partial charge >= 0.3 is 5.97 Å². The molecule has 0 aliphatic carbocycles. The third-order valence-corrected chi connectivity index (χ3v) is 2.36. The number of hydrogen-bond donors (Lipinski definition) is 1. The summed E-state index contributed by atoms with van der Waals surface area (Å²) < 4.78 is 4.03. The van der Waals surface area contributed by atoms with Gasteiger partial charge in [0, 0.05) is 23.3 Å². The zero-order valence-electron chi connectivity index (χ0n) is 7.04. The van der Waals surface area contributed by atoms with E-state index in [1.807, 2.05) is 0 Å². The second kappa shape index (κ2) is 3.55. The SMILES string of the molecule is O=C(O)c1csnc1-c1cccnc1. The first-order valence-electron chi connectivity index (χ1n) is 3.87. The van der Waals surface area contributed by atoms with Crippen LogP contribution in [0.1, 0.15) is 10.4 Å². The molecule has 0 saturated heterocycles. The summed E-state index contributed by atoms with van der Waals surface area (Å²) in [4.78, 5) is 14.7. The van der Waals surface area contributed by atoms with Crippen molar-refractivity contribution >= 4 is 17.5 Å². The minimum absolute atomic E-state index is 0.225. The van der Waals surface area contributed by atoms with Crippen LogP contribution in [0.2, 0.25) is 0 Å². The molecule has 4 nitrogen and oxygen atoms in total. The van der Waals surface area contributed by atoms with Crippen molar-refractivity contribution in [1.29, 1.82) is 0 Å². The van der Waals surface area contributed by atoms with Gasteiger partial charge in [-0.25, -0.2) is 4.79 Å². The molecule has 0 bridgehead atoms. The zero-order valence-corrected chi connectivity index (χ0v) is 7.86. The average molecular weight is 206 g/mol. The molecular formula is C9H6N2O2S. The van der Waals surface area contributed by atoms with Gasteiger partial charge in [-0.1, -0.05) is 0 Å². The van der Waals surface area contributed by atoms with Gasteiger partial charge in [-0.15, -0.1) is 0 Å². The van der Waals surface area contributed by atoms with E-state index in [1.165, 1.54) is 5.38 Å². The first-order chi connectivity index (χ1) is 6.79. The number of nitrogens with zero attached hydrogens (tertiary/aromatic N) is 2. The maximum absolute atomic E-state index is 10.8. The molecular weight excluding hydrogens is 200 g/mol. The van der Waals surface area contributed by atoms with Gasteiger partial charge in [0.25, 0.3) is 0 Å². The number of carboxylic acids is 1. The summed E-state index contributed by atoms with van der Waals surface area (Å²) in [6.45, 7) is 0. The predicted molar refractivity (Wildman–Crippen MR) is 52.3 cm³/mol. The molecule has 0 aliphatic heterocycles. The summed E-state index contributed by atoms with van der Waals surface area (Å²) in [5, 5.41) is 10.4. The standard InChI is InChI=1S/C9H6N2O2S/c12-9(13)7-5-14-11-8(7)6-2-1-3-10-4-6/h1-5H,(H,12,13). The molecule has 2 rings (SSSR count). The van der Waals surface area contributed by atoms with Crippen molar-refractivity contribution in [2.45, 2.75) is 0 Å². The van der Waals surface area contributed by atoms with E-state index in [0.717, 1.165) is 17.1 Å². The third-order valence-electron chi connectivity index (χ3n) is 1.74. The lowest BCUT2D eigenvalue weighted by Crippen LogP contribution is -1.96. The first kappa shape index (κ1) is 8.83. The third kappa shape index (κ3) is 1.49. The molecule has 70 valence electrons. The van der Waals surface area contributed by atoms with E-state index in [2.05, 4.69) is 9.36 Å². The predicted octanol–water partition coefficient (Wildman–Crippen LogP) is 1.90. The number of carboxylic acid groups (broad SMARTS) is 1. The molecule has 2 heterocycles. The van der Waals surface area contributed by atoms with Crippen LogP contribution >= 0.6 is 11.5 Å². The molecule has 14 heavy (non-hydrogen) atoms. The number of aromatic nitrogens is 2. The average Bonchev–Trinajstić information content (AvgIpc) is 2.67. The van der Waals surface area contributed by atoms with Crippen LogP contribution in [0.15, 0.2) is 29.9 Å². The van der Waals surface area contributed by atoms with E-state index in [4.69, 9.17) is 5.11 Å². The molecule has 0 fully saturated rings. The van der Waals surface area contributed by atoms with Crippen molar-refractivity contribution in [2.75, 3.05) is 0 Å². The second-order valence-electron chi connectivity index (χ2n) is 2.62. The van der Waals surface area contributed by atoms with Crippen LogP contribution in [0.3, 0.4) is 0 Å². The molecule has 2 aromatic rings. The van der Waals surface area contributed by atoms with Gasteiger partial charge in [-0.05, 0) is 23.7 Å². The van der Waals surface area contributed by atoms with Gasteiger partial charge in [0.2, 0.25) is 0 Å². The van der Waals surface area contributed by atoms with Gasteiger partial charge in [0.1, 0.15) is 5.69 Å². The van der Waals surface area contributed by atoms with Gasteiger partial charge < -0.3 is 5.11 Å². The lowest BCUT2D eigenvalue weighted by atomic mass is 10.1. The highest BCUT2D eigenvalue weighted by Gasteiger charge is 2.14. The highest BCUT2D eigenvalue weighted by atomic mass is 32.1. The largest absolute Gasteiger partial charge is 0.478 e. The van der Waals surface area contributed by atoms with E-state index < -0.39 is 5.97 Å². The zero-order chi connectivity index (χ0) is 9.97. The van der Waals surface area contributed by atoms with E-state index in [1.54, 1.807) is 24.5 Å². The number of rotatable bonds is 2. The summed E-state index contributed by atoms with van der Waals surface area (Å²) in [6, 6.07) is 3.54. The molecule has 5 heteroatoms. The van der Waals surface area contributed by atoms with Crippen molar-refractivity contribution in [3.05, 3.63) is 35.5 Å². The molecule has 0 spiro atoms. The topological polar surface area (TPSA) is 63.1 Å². The summed E-state index contributed by atoms with van der Waals surface area (Å²) in [5.74, 6) is -0.961. The van der Waals surface area contributed by atoms with Crippen LogP contribution in [-0.2, 0) is 0 Å². The number of hydrogen-bond acceptors (Lipinski definition) is 4. The lowest BCUT2D eigenvalue weighted by molar-refractivity contribution is 0.0698. The summed E-state index contributed by atoms with van der Waals surface area (Å²) in [7, 11) is 0. The van der Waals surface area contributed by atoms with Gasteiger partial charge in [0.15, 0.2) is 0 Å². The van der Waals surface area contributed by atoms with Crippen molar-refractivity contribution in [3.8, 4) is 11.3 Å². The maximum atomic E-state index is 10.8. The van der Waals surface area contributed by atoms with E-state index in [9.17, 15) is 4.79 Å². The fourth-order valence-electron chi connectivity index (χ4n) is 1.10. The van der Waals surface area contributed by atoms with Crippen molar-refractivity contribution in [3.63, 3.8) is 0 Å². The highest BCUT2D eigenvalue weighted by Crippen LogP contribution is 2.22. The Morgan fingerprint density at radius 1 is 1.50 bits per heavy atom. The Labute approximate surface area is 84.0 Å². The number of pyridine rings is 1. The molecule has 1 N–H and O–H groups in total.